The SMILES string of the molecule is CCNc1nc(C)nc(SCC2CCCC2)c1C. The largest absolute Gasteiger partial charge is 0.370 e. The monoisotopic (exact) mass is 265 g/mol. The van der Waals surface area contributed by atoms with Gasteiger partial charge in [-0.2, -0.15) is 0 Å². The van der Waals surface area contributed by atoms with Gasteiger partial charge in [0.15, 0.2) is 0 Å². The Morgan fingerprint density at radius 3 is 2.61 bits per heavy atom. The summed E-state index contributed by atoms with van der Waals surface area (Å²) in [5.74, 6) is 3.97. The van der Waals surface area contributed by atoms with Crippen LogP contribution in [0.25, 0.3) is 0 Å². The fourth-order valence-electron chi connectivity index (χ4n) is 2.46. The number of aryl methyl sites for hydroxylation is 1. The maximum atomic E-state index is 4.59. The number of hydrogen-bond acceptors (Lipinski definition) is 4. The van der Waals surface area contributed by atoms with Gasteiger partial charge in [0.25, 0.3) is 0 Å². The van der Waals surface area contributed by atoms with Gasteiger partial charge in [0.2, 0.25) is 0 Å². The van der Waals surface area contributed by atoms with Crippen molar-refractivity contribution in [3.05, 3.63) is 11.4 Å². The predicted octanol–water partition coefficient (Wildman–Crippen LogP) is 3.81. The Balaban J connectivity index is 2.06. The highest BCUT2D eigenvalue weighted by Gasteiger charge is 2.17. The van der Waals surface area contributed by atoms with Crippen molar-refractivity contribution in [1.82, 2.24) is 9.97 Å². The number of anilines is 1. The van der Waals surface area contributed by atoms with E-state index in [1.54, 1.807) is 0 Å². The highest BCUT2D eigenvalue weighted by atomic mass is 32.2. The Morgan fingerprint density at radius 2 is 1.94 bits per heavy atom. The first-order valence-corrected chi connectivity index (χ1v) is 7.91. The average Bonchev–Trinajstić information content (AvgIpc) is 2.85. The summed E-state index contributed by atoms with van der Waals surface area (Å²) in [6.45, 7) is 7.10. The molecule has 1 aliphatic rings. The lowest BCUT2D eigenvalue weighted by molar-refractivity contribution is 0.622. The molecule has 1 heterocycles. The summed E-state index contributed by atoms with van der Waals surface area (Å²) in [4.78, 5) is 9.06. The Hall–Kier alpha value is -0.770. The van der Waals surface area contributed by atoms with Crippen LogP contribution >= 0.6 is 11.8 Å². The van der Waals surface area contributed by atoms with Crippen LogP contribution in [0.15, 0.2) is 5.03 Å². The Kier molecular flexibility index (Phi) is 4.87. The van der Waals surface area contributed by atoms with Gasteiger partial charge in [-0.1, -0.05) is 12.8 Å². The normalized spacial score (nSPS) is 16.2. The second-order valence-corrected chi connectivity index (χ2v) is 6.05. The van der Waals surface area contributed by atoms with Crippen molar-refractivity contribution in [2.24, 2.45) is 5.92 Å². The van der Waals surface area contributed by atoms with Crippen molar-refractivity contribution in [2.75, 3.05) is 17.6 Å². The van der Waals surface area contributed by atoms with Crippen LogP contribution in [-0.2, 0) is 0 Å². The van der Waals surface area contributed by atoms with E-state index in [1.807, 2.05) is 18.7 Å². The highest BCUT2D eigenvalue weighted by molar-refractivity contribution is 7.99. The zero-order chi connectivity index (χ0) is 13.0. The third-order valence-electron chi connectivity index (χ3n) is 3.49. The van der Waals surface area contributed by atoms with Crippen LogP contribution in [0.1, 0.15) is 44.0 Å². The first-order valence-electron chi connectivity index (χ1n) is 6.92. The van der Waals surface area contributed by atoms with Crippen LogP contribution in [0.3, 0.4) is 0 Å². The van der Waals surface area contributed by atoms with E-state index < -0.39 is 0 Å². The lowest BCUT2D eigenvalue weighted by atomic mass is 10.1. The molecule has 0 spiro atoms. The van der Waals surface area contributed by atoms with Crippen molar-refractivity contribution >= 4 is 17.6 Å². The molecule has 0 amide bonds. The first kappa shape index (κ1) is 13.7. The lowest BCUT2D eigenvalue weighted by Crippen LogP contribution is -2.06. The number of thioether (sulfide) groups is 1. The molecule has 3 nitrogen and oxygen atoms in total. The molecular formula is C14H23N3S. The molecule has 1 aromatic rings. The van der Waals surface area contributed by atoms with E-state index in [9.17, 15) is 0 Å². The van der Waals surface area contributed by atoms with Crippen molar-refractivity contribution in [1.29, 1.82) is 0 Å². The minimum Gasteiger partial charge on any atom is -0.370 e. The lowest BCUT2D eigenvalue weighted by Gasteiger charge is -2.13. The summed E-state index contributed by atoms with van der Waals surface area (Å²) in [6.07, 6.45) is 5.62. The van der Waals surface area contributed by atoms with Gasteiger partial charge in [0.1, 0.15) is 16.7 Å². The van der Waals surface area contributed by atoms with Gasteiger partial charge in [-0.3, -0.25) is 0 Å². The zero-order valence-electron chi connectivity index (χ0n) is 11.6. The third-order valence-corrected chi connectivity index (χ3v) is 4.80. The average molecular weight is 265 g/mol. The van der Waals surface area contributed by atoms with Crippen LogP contribution < -0.4 is 5.32 Å². The Bertz CT molecular complexity index is 400. The number of nitrogens with zero attached hydrogens (tertiary/aromatic N) is 2. The van der Waals surface area contributed by atoms with Gasteiger partial charge < -0.3 is 5.32 Å². The first-order chi connectivity index (χ1) is 8.70. The standard InChI is InChI=1S/C14H23N3S/c1-4-15-13-10(2)14(17-11(3)16-13)18-9-12-7-5-6-8-12/h12H,4-9H2,1-3H3,(H,15,16,17). The molecule has 0 radical (unpaired) electrons. The molecule has 1 aromatic heterocycles. The zero-order valence-corrected chi connectivity index (χ0v) is 12.4. The molecule has 4 heteroatoms. The van der Waals surface area contributed by atoms with Crippen molar-refractivity contribution in [2.45, 2.75) is 51.5 Å². The van der Waals surface area contributed by atoms with Crippen LogP contribution in [0, 0.1) is 19.8 Å². The van der Waals surface area contributed by atoms with E-state index in [1.165, 1.54) is 37.0 Å². The van der Waals surface area contributed by atoms with Gasteiger partial charge in [-0.25, -0.2) is 9.97 Å². The van der Waals surface area contributed by atoms with Crippen LogP contribution in [0.5, 0.6) is 0 Å². The molecule has 0 aromatic carbocycles. The minimum atomic E-state index is 0.866. The van der Waals surface area contributed by atoms with Crippen molar-refractivity contribution in [3.8, 4) is 0 Å². The molecule has 0 atom stereocenters. The van der Waals surface area contributed by atoms with Crippen LogP contribution in [0.2, 0.25) is 0 Å². The summed E-state index contributed by atoms with van der Waals surface area (Å²) in [5, 5.41) is 4.48. The number of aromatic nitrogens is 2. The number of hydrogen-bond donors (Lipinski definition) is 1. The molecule has 0 unspecified atom stereocenters. The highest BCUT2D eigenvalue weighted by Crippen LogP contribution is 2.32. The molecule has 18 heavy (non-hydrogen) atoms. The van der Waals surface area contributed by atoms with E-state index in [-0.39, 0.29) is 0 Å². The molecule has 1 saturated carbocycles. The molecule has 100 valence electrons. The van der Waals surface area contributed by atoms with E-state index in [0.29, 0.717) is 0 Å². The maximum absolute atomic E-state index is 4.59. The molecule has 2 rings (SSSR count). The predicted molar refractivity (Wildman–Crippen MR) is 78.4 cm³/mol. The van der Waals surface area contributed by atoms with E-state index in [0.717, 1.165) is 29.1 Å². The maximum Gasteiger partial charge on any atom is 0.133 e. The quantitative estimate of drug-likeness (QED) is 0.649. The summed E-state index contributed by atoms with van der Waals surface area (Å²) in [7, 11) is 0. The fraction of sp³-hybridized carbons (Fsp3) is 0.714. The molecular weight excluding hydrogens is 242 g/mol. The van der Waals surface area contributed by atoms with E-state index in [4.69, 9.17) is 0 Å². The second-order valence-electron chi connectivity index (χ2n) is 5.04. The van der Waals surface area contributed by atoms with Crippen LogP contribution in [0.4, 0.5) is 5.82 Å². The minimum absolute atomic E-state index is 0.866. The molecule has 1 N–H and O–H groups in total. The number of nitrogens with one attached hydrogen (secondary N) is 1. The molecule has 0 saturated heterocycles. The van der Waals surface area contributed by atoms with Crippen molar-refractivity contribution < 1.29 is 0 Å². The second kappa shape index (κ2) is 6.41. The summed E-state index contributed by atoms with van der Waals surface area (Å²) >= 11 is 1.91. The molecule has 1 aliphatic carbocycles. The molecule has 0 bridgehead atoms. The third kappa shape index (κ3) is 3.37. The summed E-state index contributed by atoms with van der Waals surface area (Å²) in [6, 6.07) is 0. The van der Waals surface area contributed by atoms with Gasteiger partial charge in [0.05, 0.1) is 0 Å². The fourth-order valence-corrected chi connectivity index (χ4v) is 3.69. The van der Waals surface area contributed by atoms with Crippen LogP contribution in [-0.4, -0.2) is 22.3 Å². The molecule has 1 fully saturated rings. The van der Waals surface area contributed by atoms with Gasteiger partial charge in [-0.15, -0.1) is 11.8 Å². The summed E-state index contributed by atoms with van der Waals surface area (Å²) < 4.78 is 0. The smallest absolute Gasteiger partial charge is 0.133 e. The topological polar surface area (TPSA) is 37.8 Å². The van der Waals surface area contributed by atoms with E-state index in [2.05, 4.69) is 29.1 Å². The molecule has 0 aliphatic heterocycles. The summed E-state index contributed by atoms with van der Waals surface area (Å²) in [5.41, 5.74) is 1.20. The van der Waals surface area contributed by atoms with Gasteiger partial charge in [-0.05, 0) is 39.5 Å². The Labute approximate surface area is 114 Å². The Morgan fingerprint density at radius 1 is 1.22 bits per heavy atom. The van der Waals surface area contributed by atoms with Crippen molar-refractivity contribution in [3.63, 3.8) is 0 Å². The van der Waals surface area contributed by atoms with Gasteiger partial charge >= 0.3 is 0 Å². The van der Waals surface area contributed by atoms with E-state index >= 15 is 0 Å². The van der Waals surface area contributed by atoms with Gasteiger partial charge in [0, 0.05) is 17.9 Å². The number of rotatable bonds is 5.